The zero-order valence-electron chi connectivity index (χ0n) is 7.53. The molecule has 1 atom stereocenters. The van der Waals surface area contributed by atoms with E-state index < -0.39 is 0 Å². The van der Waals surface area contributed by atoms with Crippen LogP contribution in [-0.4, -0.2) is 24.9 Å². The molecule has 0 fully saturated rings. The van der Waals surface area contributed by atoms with E-state index in [1.165, 1.54) is 0 Å². The standard InChI is InChI=1S/C10H13ClO2/c1-13-10(7-12)6-8-2-4-9(11)5-3-8/h2-5,10,12H,6-7H2,1H3. The van der Waals surface area contributed by atoms with E-state index in [9.17, 15) is 0 Å². The fourth-order valence-electron chi connectivity index (χ4n) is 1.11. The Morgan fingerprint density at radius 3 is 2.46 bits per heavy atom. The fourth-order valence-corrected chi connectivity index (χ4v) is 1.23. The van der Waals surface area contributed by atoms with Gasteiger partial charge in [0, 0.05) is 18.6 Å². The number of aliphatic hydroxyl groups excluding tert-OH is 1. The van der Waals surface area contributed by atoms with Gasteiger partial charge in [-0.25, -0.2) is 0 Å². The van der Waals surface area contributed by atoms with Gasteiger partial charge < -0.3 is 9.84 Å². The molecule has 0 aliphatic rings. The molecule has 1 N–H and O–H groups in total. The molecule has 0 spiro atoms. The van der Waals surface area contributed by atoms with E-state index in [1.807, 2.05) is 24.3 Å². The number of hydrogen-bond donors (Lipinski definition) is 1. The van der Waals surface area contributed by atoms with E-state index in [0.717, 1.165) is 10.6 Å². The molecule has 0 radical (unpaired) electrons. The third-order valence-corrected chi connectivity index (χ3v) is 2.17. The summed E-state index contributed by atoms with van der Waals surface area (Å²) in [6, 6.07) is 7.54. The van der Waals surface area contributed by atoms with Gasteiger partial charge >= 0.3 is 0 Å². The van der Waals surface area contributed by atoms with Gasteiger partial charge in [0.15, 0.2) is 0 Å². The van der Waals surface area contributed by atoms with Gasteiger partial charge in [-0.15, -0.1) is 0 Å². The van der Waals surface area contributed by atoms with Crippen LogP contribution in [0.2, 0.25) is 5.02 Å². The lowest BCUT2D eigenvalue weighted by Crippen LogP contribution is -2.18. The van der Waals surface area contributed by atoms with Crippen molar-refractivity contribution in [1.29, 1.82) is 0 Å². The molecule has 0 aliphatic carbocycles. The van der Waals surface area contributed by atoms with Crippen LogP contribution in [0.15, 0.2) is 24.3 Å². The number of methoxy groups -OCH3 is 1. The number of rotatable bonds is 4. The van der Waals surface area contributed by atoms with Crippen LogP contribution in [0.4, 0.5) is 0 Å². The highest BCUT2D eigenvalue weighted by Gasteiger charge is 2.05. The van der Waals surface area contributed by atoms with E-state index >= 15 is 0 Å². The van der Waals surface area contributed by atoms with E-state index in [2.05, 4.69) is 0 Å². The van der Waals surface area contributed by atoms with Crippen LogP contribution in [0.25, 0.3) is 0 Å². The Bertz CT molecular complexity index is 242. The van der Waals surface area contributed by atoms with E-state index in [1.54, 1.807) is 7.11 Å². The topological polar surface area (TPSA) is 29.5 Å². The molecule has 1 aromatic carbocycles. The highest BCUT2D eigenvalue weighted by molar-refractivity contribution is 6.30. The Morgan fingerprint density at radius 1 is 1.38 bits per heavy atom. The van der Waals surface area contributed by atoms with Crippen LogP contribution >= 0.6 is 11.6 Å². The van der Waals surface area contributed by atoms with Crippen LogP contribution in [0, 0.1) is 0 Å². The maximum Gasteiger partial charge on any atom is 0.0842 e. The van der Waals surface area contributed by atoms with Crippen LogP contribution in [0.5, 0.6) is 0 Å². The van der Waals surface area contributed by atoms with Crippen molar-refractivity contribution in [2.75, 3.05) is 13.7 Å². The van der Waals surface area contributed by atoms with Crippen molar-refractivity contribution in [2.45, 2.75) is 12.5 Å². The number of halogens is 1. The summed E-state index contributed by atoms with van der Waals surface area (Å²) < 4.78 is 5.05. The Morgan fingerprint density at radius 2 is 2.00 bits per heavy atom. The first-order valence-electron chi connectivity index (χ1n) is 4.14. The largest absolute Gasteiger partial charge is 0.394 e. The molecular formula is C10H13ClO2. The first kappa shape index (κ1) is 10.5. The third-order valence-electron chi connectivity index (χ3n) is 1.91. The first-order chi connectivity index (χ1) is 6.26. The summed E-state index contributed by atoms with van der Waals surface area (Å²) in [6.07, 6.45) is 0.589. The van der Waals surface area contributed by atoms with Crippen LogP contribution < -0.4 is 0 Å². The molecule has 0 amide bonds. The van der Waals surface area contributed by atoms with Crippen LogP contribution in [0.3, 0.4) is 0 Å². The summed E-state index contributed by atoms with van der Waals surface area (Å²) in [6.45, 7) is 0.0408. The van der Waals surface area contributed by atoms with Gasteiger partial charge in [0.05, 0.1) is 12.7 Å². The monoisotopic (exact) mass is 200 g/mol. The van der Waals surface area contributed by atoms with Crippen LogP contribution in [0.1, 0.15) is 5.56 Å². The second-order valence-electron chi connectivity index (χ2n) is 2.87. The second-order valence-corrected chi connectivity index (χ2v) is 3.31. The first-order valence-corrected chi connectivity index (χ1v) is 4.52. The maximum atomic E-state index is 8.89. The lowest BCUT2D eigenvalue weighted by Gasteiger charge is -2.11. The van der Waals surface area contributed by atoms with Gasteiger partial charge in [-0.1, -0.05) is 23.7 Å². The molecule has 72 valence electrons. The summed E-state index contributed by atoms with van der Waals surface area (Å²) in [5.41, 5.74) is 1.12. The van der Waals surface area contributed by atoms with Crippen molar-refractivity contribution >= 4 is 11.6 Å². The van der Waals surface area contributed by atoms with Gasteiger partial charge in [0.2, 0.25) is 0 Å². The Labute approximate surface area is 83.1 Å². The Kier molecular flexibility index (Phi) is 4.22. The summed E-state index contributed by atoms with van der Waals surface area (Å²) in [7, 11) is 1.59. The predicted octanol–water partition coefficient (Wildman–Crippen LogP) is 1.89. The molecule has 1 rings (SSSR count). The van der Waals surface area contributed by atoms with E-state index in [4.69, 9.17) is 21.4 Å². The molecule has 1 aromatic rings. The average Bonchev–Trinajstić information content (AvgIpc) is 2.17. The van der Waals surface area contributed by atoms with Gasteiger partial charge in [-0.3, -0.25) is 0 Å². The molecule has 3 heteroatoms. The number of hydrogen-bond acceptors (Lipinski definition) is 2. The number of benzene rings is 1. The summed E-state index contributed by atoms with van der Waals surface area (Å²) in [5, 5.41) is 9.61. The smallest absolute Gasteiger partial charge is 0.0842 e. The molecule has 0 aromatic heterocycles. The van der Waals surface area contributed by atoms with Crippen molar-refractivity contribution in [3.63, 3.8) is 0 Å². The molecule has 0 bridgehead atoms. The van der Waals surface area contributed by atoms with E-state index in [-0.39, 0.29) is 12.7 Å². The van der Waals surface area contributed by atoms with Gasteiger partial charge in [-0.05, 0) is 17.7 Å². The second kappa shape index (κ2) is 5.22. The molecular weight excluding hydrogens is 188 g/mol. The minimum atomic E-state index is -0.124. The summed E-state index contributed by atoms with van der Waals surface area (Å²) in [5.74, 6) is 0. The molecule has 0 saturated heterocycles. The van der Waals surface area contributed by atoms with E-state index in [0.29, 0.717) is 6.42 Å². The minimum absolute atomic E-state index is 0.0408. The molecule has 2 nitrogen and oxygen atoms in total. The fraction of sp³-hybridized carbons (Fsp3) is 0.400. The van der Waals surface area contributed by atoms with Crippen molar-refractivity contribution in [1.82, 2.24) is 0 Å². The molecule has 1 unspecified atom stereocenters. The normalized spacial score (nSPS) is 12.8. The van der Waals surface area contributed by atoms with Gasteiger partial charge in [-0.2, -0.15) is 0 Å². The highest BCUT2D eigenvalue weighted by atomic mass is 35.5. The summed E-state index contributed by atoms with van der Waals surface area (Å²) in [4.78, 5) is 0. The quantitative estimate of drug-likeness (QED) is 0.805. The number of ether oxygens (including phenoxy) is 1. The zero-order chi connectivity index (χ0) is 9.68. The van der Waals surface area contributed by atoms with Crippen LogP contribution in [-0.2, 0) is 11.2 Å². The molecule has 0 saturated carbocycles. The van der Waals surface area contributed by atoms with Crippen molar-refractivity contribution in [3.8, 4) is 0 Å². The lowest BCUT2D eigenvalue weighted by atomic mass is 10.1. The molecule has 0 heterocycles. The zero-order valence-corrected chi connectivity index (χ0v) is 8.29. The molecule has 0 aliphatic heterocycles. The maximum absolute atomic E-state index is 8.89. The Hall–Kier alpha value is -0.570. The third kappa shape index (κ3) is 3.35. The lowest BCUT2D eigenvalue weighted by molar-refractivity contribution is 0.0495. The van der Waals surface area contributed by atoms with Crippen molar-refractivity contribution in [3.05, 3.63) is 34.9 Å². The average molecular weight is 201 g/mol. The highest BCUT2D eigenvalue weighted by Crippen LogP contribution is 2.11. The summed E-state index contributed by atoms with van der Waals surface area (Å²) >= 11 is 5.74. The van der Waals surface area contributed by atoms with Gasteiger partial charge in [0.25, 0.3) is 0 Å². The molecule has 13 heavy (non-hydrogen) atoms. The minimum Gasteiger partial charge on any atom is -0.394 e. The van der Waals surface area contributed by atoms with Crippen molar-refractivity contribution < 1.29 is 9.84 Å². The SMILES string of the molecule is COC(CO)Cc1ccc(Cl)cc1. The number of aliphatic hydroxyl groups is 1. The Balaban J connectivity index is 2.58. The van der Waals surface area contributed by atoms with Crippen molar-refractivity contribution in [2.24, 2.45) is 0 Å². The predicted molar refractivity (Wildman–Crippen MR) is 53.0 cm³/mol. The van der Waals surface area contributed by atoms with Gasteiger partial charge in [0.1, 0.15) is 0 Å².